The molecule has 0 N–H and O–H groups in total. The Hall–Kier alpha value is -2.72. The van der Waals surface area contributed by atoms with E-state index in [2.05, 4.69) is 105 Å². The Balaban J connectivity index is 1.68. The molecule has 0 aromatic heterocycles. The number of allylic oxidation sites excluding steroid dienone is 1. The Kier molecular flexibility index (Phi) is 7.66. The number of hydrogen-bond donors (Lipinski definition) is 0. The van der Waals surface area contributed by atoms with Gasteiger partial charge in [0.05, 0.1) is 12.5 Å². The van der Waals surface area contributed by atoms with Gasteiger partial charge in [0.2, 0.25) is 6.79 Å². The van der Waals surface area contributed by atoms with Crippen molar-refractivity contribution in [2.45, 2.75) is 96.1 Å². The fourth-order valence-corrected chi connectivity index (χ4v) is 7.94. The Morgan fingerprint density at radius 2 is 1.43 bits per heavy atom. The van der Waals surface area contributed by atoms with Gasteiger partial charge in [0.15, 0.2) is 11.5 Å². The zero-order valence-electron chi connectivity index (χ0n) is 27.1. The van der Waals surface area contributed by atoms with E-state index in [0.717, 1.165) is 40.5 Å². The minimum Gasteiger partial charge on any atom is -0.541 e. The summed E-state index contributed by atoms with van der Waals surface area (Å²) in [4.78, 5) is 13.4. The van der Waals surface area contributed by atoms with Crippen LogP contribution in [-0.4, -0.2) is 36.0 Å². The molecule has 228 valence electrons. The summed E-state index contributed by atoms with van der Waals surface area (Å²) in [5, 5.41) is 0.0382. The highest BCUT2D eigenvalue weighted by Gasteiger charge is 2.52. The first-order valence-electron chi connectivity index (χ1n) is 15.2. The SMILES string of the molecule is C=CC[C@@H]1c2cc3c(cc2[C@@H](c2ccc(O[Si](C)(C)C(C)(C)C)c(O[Si](C)(C)C(C)(C)C)c2)[C@H]2C(=O)OC[C@@H]21)OCO3. The molecule has 0 bridgehead atoms. The predicted molar refractivity (Wildman–Crippen MR) is 172 cm³/mol. The van der Waals surface area contributed by atoms with E-state index < -0.39 is 16.6 Å². The molecular formula is C34H48O6Si2. The van der Waals surface area contributed by atoms with Crippen LogP contribution >= 0.6 is 0 Å². The van der Waals surface area contributed by atoms with Crippen LogP contribution in [-0.2, 0) is 9.53 Å². The van der Waals surface area contributed by atoms with Gasteiger partial charge in [-0.2, -0.15) is 0 Å². The Morgan fingerprint density at radius 3 is 2.00 bits per heavy atom. The van der Waals surface area contributed by atoms with Gasteiger partial charge in [-0.3, -0.25) is 4.79 Å². The molecule has 2 heterocycles. The van der Waals surface area contributed by atoms with Crippen molar-refractivity contribution in [2.24, 2.45) is 11.8 Å². The van der Waals surface area contributed by atoms with Gasteiger partial charge in [0, 0.05) is 11.8 Å². The van der Waals surface area contributed by atoms with Crippen molar-refractivity contribution in [2.75, 3.05) is 13.4 Å². The average molecular weight is 609 g/mol. The summed E-state index contributed by atoms with van der Waals surface area (Å²) < 4.78 is 31.3. The van der Waals surface area contributed by atoms with Crippen LogP contribution in [0.15, 0.2) is 43.0 Å². The number of ether oxygens (including phenoxy) is 3. The summed E-state index contributed by atoms with van der Waals surface area (Å²) in [5.41, 5.74) is 3.29. The van der Waals surface area contributed by atoms with E-state index in [1.165, 1.54) is 5.56 Å². The van der Waals surface area contributed by atoms with Crippen molar-refractivity contribution in [3.05, 3.63) is 59.7 Å². The smallest absolute Gasteiger partial charge is 0.310 e. The summed E-state index contributed by atoms with van der Waals surface area (Å²) in [6, 6.07) is 10.5. The van der Waals surface area contributed by atoms with E-state index in [0.29, 0.717) is 6.61 Å². The molecule has 1 aliphatic carbocycles. The molecule has 6 nitrogen and oxygen atoms in total. The number of esters is 1. The number of fused-ring (bicyclic) bond motifs is 3. The zero-order valence-corrected chi connectivity index (χ0v) is 29.1. The molecule has 1 fully saturated rings. The van der Waals surface area contributed by atoms with E-state index in [1.54, 1.807) is 0 Å². The highest BCUT2D eigenvalue weighted by molar-refractivity contribution is 6.75. The summed E-state index contributed by atoms with van der Waals surface area (Å²) in [6.45, 7) is 27.2. The van der Waals surface area contributed by atoms with Crippen LogP contribution < -0.4 is 18.3 Å². The normalized spacial score (nSPS) is 23.6. The Morgan fingerprint density at radius 1 is 0.857 bits per heavy atom. The molecule has 0 spiro atoms. The molecule has 0 saturated carbocycles. The van der Waals surface area contributed by atoms with Crippen molar-refractivity contribution in [3.8, 4) is 23.0 Å². The molecule has 2 aromatic rings. The number of carbonyl (C=O) groups excluding carboxylic acids is 1. The largest absolute Gasteiger partial charge is 0.541 e. The zero-order chi connectivity index (χ0) is 30.8. The van der Waals surface area contributed by atoms with E-state index in [1.807, 2.05) is 6.08 Å². The van der Waals surface area contributed by atoms with Gasteiger partial charge < -0.3 is 23.1 Å². The predicted octanol–water partition coefficient (Wildman–Crippen LogP) is 8.78. The van der Waals surface area contributed by atoms with Crippen molar-refractivity contribution < 1.29 is 27.9 Å². The molecule has 2 aliphatic heterocycles. The number of benzene rings is 2. The minimum atomic E-state index is -2.22. The molecule has 3 aliphatic rings. The van der Waals surface area contributed by atoms with Crippen LogP contribution in [0.2, 0.25) is 36.3 Å². The van der Waals surface area contributed by atoms with Crippen LogP contribution in [0.5, 0.6) is 23.0 Å². The molecule has 8 heteroatoms. The molecule has 4 atom stereocenters. The lowest BCUT2D eigenvalue weighted by atomic mass is 9.62. The molecule has 0 radical (unpaired) electrons. The summed E-state index contributed by atoms with van der Waals surface area (Å²) in [7, 11) is -4.38. The molecule has 0 unspecified atom stereocenters. The summed E-state index contributed by atoms with van der Waals surface area (Å²) in [5.74, 6) is 2.52. The first-order valence-corrected chi connectivity index (χ1v) is 21.0. The lowest BCUT2D eigenvalue weighted by molar-refractivity contribution is -0.141. The van der Waals surface area contributed by atoms with Crippen LogP contribution in [0.1, 0.15) is 76.5 Å². The second kappa shape index (κ2) is 10.5. The molecule has 42 heavy (non-hydrogen) atoms. The van der Waals surface area contributed by atoms with Crippen LogP contribution in [0.4, 0.5) is 0 Å². The fourth-order valence-electron chi connectivity index (χ4n) is 5.90. The summed E-state index contributed by atoms with van der Waals surface area (Å²) >= 11 is 0. The third-order valence-electron chi connectivity index (χ3n) is 10.4. The van der Waals surface area contributed by atoms with Gasteiger partial charge in [0.25, 0.3) is 16.6 Å². The lowest BCUT2D eigenvalue weighted by Crippen LogP contribution is -2.45. The van der Waals surface area contributed by atoms with Gasteiger partial charge in [-0.15, -0.1) is 6.58 Å². The summed E-state index contributed by atoms with van der Waals surface area (Å²) in [6.07, 6.45) is 2.70. The lowest BCUT2D eigenvalue weighted by Gasteiger charge is -2.41. The second-order valence-corrected chi connectivity index (χ2v) is 24.6. The number of hydrogen-bond acceptors (Lipinski definition) is 6. The highest BCUT2D eigenvalue weighted by atomic mass is 28.4. The third kappa shape index (κ3) is 5.29. The van der Waals surface area contributed by atoms with Gasteiger partial charge in [-0.05, 0) is 89.6 Å². The van der Waals surface area contributed by atoms with Crippen LogP contribution in [0, 0.1) is 11.8 Å². The monoisotopic (exact) mass is 608 g/mol. The van der Waals surface area contributed by atoms with Gasteiger partial charge in [0.1, 0.15) is 11.5 Å². The van der Waals surface area contributed by atoms with Crippen molar-refractivity contribution in [3.63, 3.8) is 0 Å². The molecule has 0 amide bonds. The number of rotatable bonds is 7. The second-order valence-electron chi connectivity index (χ2n) is 15.2. The number of cyclic esters (lactones) is 1. The van der Waals surface area contributed by atoms with E-state index >= 15 is 0 Å². The maximum Gasteiger partial charge on any atom is 0.310 e. The number of carbonyl (C=O) groups is 1. The van der Waals surface area contributed by atoms with Crippen LogP contribution in [0.3, 0.4) is 0 Å². The minimum absolute atomic E-state index is 0.00480. The van der Waals surface area contributed by atoms with Crippen molar-refractivity contribution >= 4 is 22.6 Å². The Bertz CT molecular complexity index is 1380. The highest BCUT2D eigenvalue weighted by Crippen LogP contribution is 2.56. The van der Waals surface area contributed by atoms with Crippen molar-refractivity contribution in [1.82, 2.24) is 0 Å². The maximum atomic E-state index is 13.4. The van der Waals surface area contributed by atoms with E-state index in [9.17, 15) is 4.79 Å². The fraction of sp³-hybridized carbons (Fsp3) is 0.559. The maximum absolute atomic E-state index is 13.4. The molecular weight excluding hydrogens is 561 g/mol. The third-order valence-corrected chi connectivity index (χ3v) is 19.1. The van der Waals surface area contributed by atoms with Gasteiger partial charge in [-0.25, -0.2) is 0 Å². The Labute approximate surface area is 254 Å². The van der Waals surface area contributed by atoms with Crippen LogP contribution in [0.25, 0.3) is 0 Å². The van der Waals surface area contributed by atoms with Crippen molar-refractivity contribution in [1.29, 1.82) is 0 Å². The molecule has 5 rings (SSSR count). The topological polar surface area (TPSA) is 63.2 Å². The average Bonchev–Trinajstić information content (AvgIpc) is 3.49. The standard InChI is InChI=1S/C34H48O6Si2/c1-12-13-22-23-17-27-28(38-20-37-27)18-24(23)30(31-25(22)19-36-32(31)35)21-14-15-26(39-41(8,9)33(2,3)4)29(16-21)40-42(10,11)34(5,6)7/h12,14-18,22,25,30-31H,1,13,19-20H2,2-11H3/t22-,25-,30-,31+/m1/s1. The van der Waals surface area contributed by atoms with E-state index in [-0.39, 0.29) is 46.5 Å². The first kappa shape index (κ1) is 30.7. The van der Waals surface area contributed by atoms with Gasteiger partial charge in [-0.1, -0.05) is 53.7 Å². The quantitative estimate of drug-likeness (QED) is 0.178. The molecule has 1 saturated heterocycles. The van der Waals surface area contributed by atoms with E-state index in [4.69, 9.17) is 23.1 Å². The first-order chi connectivity index (χ1) is 19.4. The molecule has 2 aromatic carbocycles. The van der Waals surface area contributed by atoms with Gasteiger partial charge >= 0.3 is 5.97 Å².